The highest BCUT2D eigenvalue weighted by atomic mass is 19.1. The van der Waals surface area contributed by atoms with Gasteiger partial charge in [0.25, 0.3) is 5.91 Å². The summed E-state index contributed by atoms with van der Waals surface area (Å²) in [7, 11) is 0. The number of anilines is 1. The predicted molar refractivity (Wildman–Crippen MR) is 73.1 cm³/mol. The Balaban J connectivity index is 2.14. The number of hydrogen-bond donors (Lipinski definition) is 2. The van der Waals surface area contributed by atoms with Crippen LogP contribution in [0.15, 0.2) is 36.4 Å². The van der Waals surface area contributed by atoms with Crippen molar-refractivity contribution >= 4 is 11.6 Å². The molecule has 2 rings (SSSR count). The van der Waals surface area contributed by atoms with E-state index in [1.807, 2.05) is 6.07 Å². The van der Waals surface area contributed by atoms with Gasteiger partial charge in [-0.05, 0) is 29.8 Å². The van der Waals surface area contributed by atoms with E-state index in [0.717, 1.165) is 12.1 Å². The van der Waals surface area contributed by atoms with Crippen LogP contribution in [0.25, 0.3) is 0 Å². The number of nitriles is 1. The van der Waals surface area contributed by atoms with Gasteiger partial charge in [0.1, 0.15) is 5.82 Å². The summed E-state index contributed by atoms with van der Waals surface area (Å²) in [4.78, 5) is 11.9. The number of amides is 1. The first-order valence-corrected chi connectivity index (χ1v) is 6.03. The van der Waals surface area contributed by atoms with E-state index in [4.69, 9.17) is 11.0 Å². The highest BCUT2D eigenvalue weighted by molar-refractivity contribution is 5.95. The Hall–Kier alpha value is -2.94. The zero-order valence-electron chi connectivity index (χ0n) is 10.9. The van der Waals surface area contributed by atoms with Crippen LogP contribution < -0.4 is 11.1 Å². The van der Waals surface area contributed by atoms with Crippen molar-refractivity contribution in [3.63, 3.8) is 0 Å². The molecule has 3 N–H and O–H groups in total. The van der Waals surface area contributed by atoms with Gasteiger partial charge in [-0.15, -0.1) is 0 Å². The Labute approximate surface area is 119 Å². The summed E-state index contributed by atoms with van der Waals surface area (Å²) in [5.74, 6) is -2.52. The lowest BCUT2D eigenvalue weighted by molar-refractivity contribution is 0.0946. The second kappa shape index (κ2) is 6.01. The number of benzene rings is 2. The molecule has 106 valence electrons. The minimum atomic E-state index is -0.959. The Kier molecular flexibility index (Phi) is 4.14. The summed E-state index contributed by atoms with van der Waals surface area (Å²) in [6, 6.07) is 10.2. The molecular weight excluding hydrogens is 276 g/mol. The zero-order chi connectivity index (χ0) is 15.4. The number of halogens is 2. The number of hydrogen-bond acceptors (Lipinski definition) is 3. The van der Waals surface area contributed by atoms with Crippen LogP contribution >= 0.6 is 0 Å². The van der Waals surface area contributed by atoms with Gasteiger partial charge in [0, 0.05) is 6.54 Å². The maximum atomic E-state index is 13.7. The van der Waals surface area contributed by atoms with Crippen LogP contribution in [0, 0.1) is 23.0 Å². The predicted octanol–water partition coefficient (Wildman–Crippen LogP) is 2.35. The molecule has 0 atom stereocenters. The van der Waals surface area contributed by atoms with E-state index in [9.17, 15) is 13.6 Å². The molecule has 0 heterocycles. The number of rotatable bonds is 3. The third-order valence-corrected chi connectivity index (χ3v) is 2.82. The SMILES string of the molecule is N#Cc1cccc(CNC(=O)c2cc(F)cc(N)c2F)c1. The van der Waals surface area contributed by atoms with Crippen molar-refractivity contribution in [1.29, 1.82) is 5.26 Å². The highest BCUT2D eigenvalue weighted by Crippen LogP contribution is 2.17. The van der Waals surface area contributed by atoms with E-state index >= 15 is 0 Å². The first kappa shape index (κ1) is 14.5. The third-order valence-electron chi connectivity index (χ3n) is 2.82. The van der Waals surface area contributed by atoms with Crippen molar-refractivity contribution in [3.8, 4) is 6.07 Å². The monoisotopic (exact) mass is 287 g/mol. The first-order valence-electron chi connectivity index (χ1n) is 6.03. The van der Waals surface area contributed by atoms with E-state index in [1.165, 1.54) is 0 Å². The summed E-state index contributed by atoms with van der Waals surface area (Å²) in [5.41, 5.74) is 5.51. The lowest BCUT2D eigenvalue weighted by atomic mass is 10.1. The van der Waals surface area contributed by atoms with Gasteiger partial charge in [-0.1, -0.05) is 12.1 Å². The fourth-order valence-electron chi connectivity index (χ4n) is 1.80. The van der Waals surface area contributed by atoms with Crippen molar-refractivity contribution in [2.24, 2.45) is 0 Å². The minimum Gasteiger partial charge on any atom is -0.396 e. The molecule has 4 nitrogen and oxygen atoms in total. The number of nitrogens with zero attached hydrogens (tertiary/aromatic N) is 1. The number of carbonyl (C=O) groups is 1. The minimum absolute atomic E-state index is 0.0875. The van der Waals surface area contributed by atoms with Gasteiger partial charge in [-0.25, -0.2) is 8.78 Å². The summed E-state index contributed by atoms with van der Waals surface area (Å²) in [6.07, 6.45) is 0. The Bertz CT molecular complexity index is 738. The number of carbonyl (C=O) groups excluding carboxylic acids is 1. The fraction of sp³-hybridized carbons (Fsp3) is 0.0667. The maximum absolute atomic E-state index is 13.7. The van der Waals surface area contributed by atoms with Crippen molar-refractivity contribution < 1.29 is 13.6 Å². The molecule has 21 heavy (non-hydrogen) atoms. The number of nitrogens with two attached hydrogens (primary N) is 1. The van der Waals surface area contributed by atoms with Crippen LogP contribution in [-0.2, 0) is 6.54 Å². The zero-order valence-corrected chi connectivity index (χ0v) is 10.9. The molecule has 0 bridgehead atoms. The lowest BCUT2D eigenvalue weighted by Crippen LogP contribution is -2.24. The van der Waals surface area contributed by atoms with E-state index in [-0.39, 0.29) is 6.54 Å². The Morgan fingerprint density at radius 3 is 2.76 bits per heavy atom. The van der Waals surface area contributed by atoms with Gasteiger partial charge >= 0.3 is 0 Å². The molecule has 0 saturated heterocycles. The maximum Gasteiger partial charge on any atom is 0.254 e. The van der Waals surface area contributed by atoms with Crippen molar-refractivity contribution in [2.45, 2.75) is 6.54 Å². The van der Waals surface area contributed by atoms with Crippen molar-refractivity contribution in [2.75, 3.05) is 5.73 Å². The molecule has 0 saturated carbocycles. The number of nitrogens with one attached hydrogen (secondary N) is 1. The quantitative estimate of drug-likeness (QED) is 0.850. The van der Waals surface area contributed by atoms with Crippen LogP contribution in [0.3, 0.4) is 0 Å². The second-order valence-corrected chi connectivity index (χ2v) is 4.35. The molecule has 0 aliphatic rings. The lowest BCUT2D eigenvalue weighted by Gasteiger charge is -2.08. The van der Waals surface area contributed by atoms with E-state index < -0.39 is 28.8 Å². The van der Waals surface area contributed by atoms with E-state index in [1.54, 1.807) is 24.3 Å². The Morgan fingerprint density at radius 2 is 2.05 bits per heavy atom. The van der Waals surface area contributed by atoms with Crippen LogP contribution in [0.1, 0.15) is 21.5 Å². The van der Waals surface area contributed by atoms with E-state index in [2.05, 4.69) is 5.32 Å². The molecule has 0 fully saturated rings. The van der Waals surface area contributed by atoms with Gasteiger partial charge < -0.3 is 11.1 Å². The van der Waals surface area contributed by atoms with Crippen LogP contribution in [0.5, 0.6) is 0 Å². The Morgan fingerprint density at radius 1 is 1.29 bits per heavy atom. The smallest absolute Gasteiger partial charge is 0.254 e. The van der Waals surface area contributed by atoms with Gasteiger partial charge in [-0.3, -0.25) is 4.79 Å². The molecule has 0 unspecified atom stereocenters. The first-order chi connectivity index (χ1) is 10.0. The van der Waals surface area contributed by atoms with Crippen LogP contribution in [0.4, 0.5) is 14.5 Å². The topological polar surface area (TPSA) is 78.9 Å². The average Bonchev–Trinajstić information content (AvgIpc) is 2.48. The molecule has 0 aromatic heterocycles. The molecule has 0 spiro atoms. The van der Waals surface area contributed by atoms with Crippen molar-refractivity contribution in [1.82, 2.24) is 5.32 Å². The molecule has 2 aromatic carbocycles. The number of nitrogen functional groups attached to an aromatic ring is 1. The third kappa shape index (κ3) is 3.34. The molecule has 2 aromatic rings. The standard InChI is InChI=1S/C15H11F2N3O/c16-11-5-12(14(17)13(19)6-11)15(21)20-8-10-3-1-2-9(4-10)7-18/h1-6H,8,19H2,(H,20,21). The molecule has 0 aliphatic heterocycles. The summed E-state index contributed by atoms with van der Waals surface area (Å²) < 4.78 is 26.8. The second-order valence-electron chi connectivity index (χ2n) is 4.35. The summed E-state index contributed by atoms with van der Waals surface area (Å²) in [6.45, 7) is 0.0875. The average molecular weight is 287 g/mol. The van der Waals surface area contributed by atoms with E-state index in [0.29, 0.717) is 11.1 Å². The molecule has 6 heteroatoms. The van der Waals surface area contributed by atoms with Gasteiger partial charge in [0.15, 0.2) is 5.82 Å². The molecule has 0 radical (unpaired) electrons. The molecular formula is C15H11F2N3O. The normalized spacial score (nSPS) is 9.95. The van der Waals surface area contributed by atoms with Gasteiger partial charge in [0.05, 0.1) is 22.9 Å². The summed E-state index contributed by atoms with van der Waals surface area (Å²) >= 11 is 0. The highest BCUT2D eigenvalue weighted by Gasteiger charge is 2.15. The van der Waals surface area contributed by atoms with Gasteiger partial charge in [0.2, 0.25) is 0 Å². The largest absolute Gasteiger partial charge is 0.396 e. The van der Waals surface area contributed by atoms with Crippen LogP contribution in [0.2, 0.25) is 0 Å². The van der Waals surface area contributed by atoms with Gasteiger partial charge in [-0.2, -0.15) is 5.26 Å². The molecule has 1 amide bonds. The molecule has 0 aliphatic carbocycles. The van der Waals surface area contributed by atoms with Crippen LogP contribution in [-0.4, -0.2) is 5.91 Å². The summed E-state index contributed by atoms with van der Waals surface area (Å²) in [5, 5.41) is 11.2. The van der Waals surface area contributed by atoms with Crippen molar-refractivity contribution in [3.05, 3.63) is 64.7 Å². The fourth-order valence-corrected chi connectivity index (χ4v) is 1.80.